The third-order valence-electron chi connectivity index (χ3n) is 9.34. The highest BCUT2D eigenvalue weighted by Gasteiger charge is 2.34. The van der Waals surface area contributed by atoms with E-state index in [-0.39, 0.29) is 41.9 Å². The fraction of sp³-hybridized carbons (Fsp3) is 0.279. The van der Waals surface area contributed by atoms with E-state index in [1.807, 2.05) is 55.5 Å². The number of H-pyrrole nitrogens is 1. The molecular formula is C43H43N5O4. The molecule has 2 aromatic heterocycles. The van der Waals surface area contributed by atoms with Gasteiger partial charge in [-0.05, 0) is 71.3 Å². The predicted molar refractivity (Wildman–Crippen MR) is 207 cm³/mol. The van der Waals surface area contributed by atoms with Gasteiger partial charge in [0.05, 0.1) is 11.1 Å². The molecule has 0 aliphatic carbocycles. The first-order chi connectivity index (χ1) is 25.1. The number of carbonyl (C=O) groups excluding carboxylic acids is 3. The van der Waals surface area contributed by atoms with Crippen LogP contribution in [-0.4, -0.2) is 45.8 Å². The maximum absolute atomic E-state index is 14.5. The average Bonchev–Trinajstić information content (AvgIpc) is 3.38. The third kappa shape index (κ3) is 7.10. The second-order valence-corrected chi connectivity index (χ2v) is 13.6. The SMILES string of the molecule is CCCCN(C(=O)Nc1c(C(C)C)cccc1C(C)C)c1c(-c2cccc(C#CCCN3C(=O)c4ccccc4C3=O)c2)c2cccnc2[nH]c1=O. The molecule has 0 bridgehead atoms. The molecule has 0 saturated heterocycles. The number of para-hydroxylation sites is 1. The number of aromatic amines is 1. The zero-order chi connectivity index (χ0) is 36.9. The van der Waals surface area contributed by atoms with E-state index in [2.05, 4.69) is 54.8 Å². The van der Waals surface area contributed by atoms with Gasteiger partial charge in [0.25, 0.3) is 17.4 Å². The van der Waals surface area contributed by atoms with Gasteiger partial charge in [0.1, 0.15) is 11.3 Å². The third-order valence-corrected chi connectivity index (χ3v) is 9.34. The van der Waals surface area contributed by atoms with Crippen LogP contribution >= 0.6 is 0 Å². The Morgan fingerprint density at radius 1 is 0.885 bits per heavy atom. The molecule has 264 valence electrons. The summed E-state index contributed by atoms with van der Waals surface area (Å²) in [7, 11) is 0. The fourth-order valence-electron chi connectivity index (χ4n) is 6.69. The van der Waals surface area contributed by atoms with Crippen molar-refractivity contribution in [2.24, 2.45) is 0 Å². The highest BCUT2D eigenvalue weighted by Crippen LogP contribution is 2.37. The first kappa shape index (κ1) is 35.8. The van der Waals surface area contributed by atoms with Crippen LogP contribution in [0.2, 0.25) is 0 Å². The summed E-state index contributed by atoms with van der Waals surface area (Å²) in [5.41, 5.74) is 5.83. The molecule has 52 heavy (non-hydrogen) atoms. The normalized spacial score (nSPS) is 12.3. The van der Waals surface area contributed by atoms with Crippen LogP contribution < -0.4 is 15.8 Å². The van der Waals surface area contributed by atoms with Gasteiger partial charge >= 0.3 is 6.03 Å². The van der Waals surface area contributed by atoms with Crippen molar-refractivity contribution >= 4 is 40.3 Å². The van der Waals surface area contributed by atoms with Gasteiger partial charge in [0.2, 0.25) is 0 Å². The summed E-state index contributed by atoms with van der Waals surface area (Å²) < 4.78 is 0. The number of hydrogen-bond donors (Lipinski definition) is 2. The number of carbonyl (C=O) groups is 3. The van der Waals surface area contributed by atoms with E-state index in [0.717, 1.165) is 23.2 Å². The van der Waals surface area contributed by atoms with E-state index in [1.54, 1.807) is 41.4 Å². The van der Waals surface area contributed by atoms with Crippen LogP contribution in [0.3, 0.4) is 0 Å². The van der Waals surface area contributed by atoms with Gasteiger partial charge in [0.15, 0.2) is 0 Å². The number of nitrogens with one attached hydrogen (secondary N) is 2. The molecule has 1 aliphatic rings. The number of hydrogen-bond acceptors (Lipinski definition) is 5. The standard InChI is InChI=1S/C43H43N5O4/c1-6-7-24-47(43(52)45-37-31(27(2)3)20-13-21-32(37)28(4)5)38-36(35-22-14-23-44-39(35)46-40(38)49)30-17-12-16-29(26-30)15-10-11-25-48-41(50)33-18-8-9-19-34(33)42(48)51/h8-9,12-14,16-23,26-28H,6-7,11,24-25H2,1-5H3,(H,45,52)(H,44,46,49). The molecule has 6 rings (SSSR count). The van der Waals surface area contributed by atoms with Crippen molar-refractivity contribution in [3.63, 3.8) is 0 Å². The Balaban J connectivity index is 1.37. The molecular weight excluding hydrogens is 651 g/mol. The first-order valence-corrected chi connectivity index (χ1v) is 17.9. The van der Waals surface area contributed by atoms with Crippen molar-refractivity contribution in [2.75, 3.05) is 23.3 Å². The Labute approximate surface area is 304 Å². The lowest BCUT2D eigenvalue weighted by molar-refractivity contribution is 0.0657. The van der Waals surface area contributed by atoms with Crippen LogP contribution in [0.25, 0.3) is 22.2 Å². The van der Waals surface area contributed by atoms with Crippen molar-refractivity contribution in [3.05, 3.63) is 123 Å². The number of rotatable bonds is 10. The molecule has 2 N–H and O–H groups in total. The minimum absolute atomic E-state index is 0.167. The van der Waals surface area contributed by atoms with Gasteiger partial charge in [-0.3, -0.25) is 24.2 Å². The number of unbranched alkanes of at least 4 members (excludes halogenated alkanes) is 1. The van der Waals surface area contributed by atoms with Crippen LogP contribution in [0.5, 0.6) is 0 Å². The summed E-state index contributed by atoms with van der Waals surface area (Å²) in [4.78, 5) is 64.3. The molecule has 3 aromatic carbocycles. The second kappa shape index (κ2) is 15.5. The molecule has 9 nitrogen and oxygen atoms in total. The van der Waals surface area contributed by atoms with Crippen molar-refractivity contribution in [3.8, 4) is 23.0 Å². The molecule has 0 saturated carbocycles. The number of aromatic nitrogens is 2. The van der Waals surface area contributed by atoms with Crippen LogP contribution in [0.1, 0.15) is 103 Å². The number of imide groups is 1. The quantitative estimate of drug-likeness (QED) is 0.112. The Morgan fingerprint density at radius 3 is 2.21 bits per heavy atom. The summed E-state index contributed by atoms with van der Waals surface area (Å²) in [5, 5.41) is 3.92. The van der Waals surface area contributed by atoms with Crippen LogP contribution in [0.4, 0.5) is 16.2 Å². The number of amides is 4. The lowest BCUT2D eigenvalue weighted by atomic mass is 9.92. The zero-order valence-corrected chi connectivity index (χ0v) is 30.2. The highest BCUT2D eigenvalue weighted by molar-refractivity contribution is 6.21. The molecule has 0 spiro atoms. The van der Waals surface area contributed by atoms with Crippen molar-refractivity contribution < 1.29 is 14.4 Å². The molecule has 0 atom stereocenters. The number of fused-ring (bicyclic) bond motifs is 2. The summed E-state index contributed by atoms with van der Waals surface area (Å²) in [6.07, 6.45) is 3.41. The minimum atomic E-state index is -0.425. The van der Waals surface area contributed by atoms with E-state index in [0.29, 0.717) is 58.2 Å². The summed E-state index contributed by atoms with van der Waals surface area (Å²) in [5.74, 6) is 6.00. The smallest absolute Gasteiger partial charge is 0.307 e. The van der Waals surface area contributed by atoms with Crippen LogP contribution in [-0.2, 0) is 0 Å². The van der Waals surface area contributed by atoms with Gasteiger partial charge in [-0.1, -0.05) is 95.3 Å². The number of benzene rings is 3. The molecule has 3 heterocycles. The Morgan fingerprint density at radius 2 is 1.56 bits per heavy atom. The summed E-state index contributed by atoms with van der Waals surface area (Å²) in [6.45, 7) is 10.9. The summed E-state index contributed by atoms with van der Waals surface area (Å²) in [6, 6.07) is 23.7. The maximum Gasteiger partial charge on any atom is 0.326 e. The zero-order valence-electron chi connectivity index (χ0n) is 30.2. The molecule has 0 radical (unpaired) electrons. The maximum atomic E-state index is 14.5. The van der Waals surface area contributed by atoms with E-state index in [4.69, 9.17) is 0 Å². The van der Waals surface area contributed by atoms with Gasteiger partial charge < -0.3 is 10.3 Å². The van der Waals surface area contributed by atoms with Crippen molar-refractivity contribution in [1.82, 2.24) is 14.9 Å². The molecule has 0 fully saturated rings. The van der Waals surface area contributed by atoms with E-state index < -0.39 is 5.56 Å². The lowest BCUT2D eigenvalue weighted by Gasteiger charge is -2.27. The van der Waals surface area contributed by atoms with Crippen LogP contribution in [0.15, 0.2) is 89.9 Å². The van der Waals surface area contributed by atoms with E-state index >= 15 is 0 Å². The fourth-order valence-corrected chi connectivity index (χ4v) is 6.69. The molecule has 9 heteroatoms. The Bertz CT molecular complexity index is 2230. The Hall–Kier alpha value is -6.01. The van der Waals surface area contributed by atoms with Gasteiger partial charge in [-0.25, -0.2) is 9.78 Å². The molecule has 5 aromatic rings. The molecule has 0 unspecified atom stereocenters. The van der Waals surface area contributed by atoms with Crippen LogP contribution in [0, 0.1) is 11.8 Å². The van der Waals surface area contributed by atoms with Gasteiger partial charge in [-0.2, -0.15) is 0 Å². The van der Waals surface area contributed by atoms with Crippen molar-refractivity contribution in [1.29, 1.82) is 0 Å². The lowest BCUT2D eigenvalue weighted by Crippen LogP contribution is -2.40. The average molecular weight is 694 g/mol. The van der Waals surface area contributed by atoms with E-state index in [9.17, 15) is 19.2 Å². The summed E-state index contributed by atoms with van der Waals surface area (Å²) >= 11 is 0. The number of anilines is 2. The minimum Gasteiger partial charge on any atom is -0.307 e. The number of nitrogens with zero attached hydrogens (tertiary/aromatic N) is 3. The second-order valence-electron chi connectivity index (χ2n) is 13.6. The van der Waals surface area contributed by atoms with E-state index in [1.165, 1.54) is 4.90 Å². The van der Waals surface area contributed by atoms with Gasteiger partial charge in [-0.15, -0.1) is 0 Å². The van der Waals surface area contributed by atoms with Gasteiger partial charge in [0, 0.05) is 47.9 Å². The monoisotopic (exact) mass is 693 g/mol. The number of urea groups is 1. The molecule has 4 amide bonds. The molecule has 1 aliphatic heterocycles. The largest absolute Gasteiger partial charge is 0.326 e. The highest BCUT2D eigenvalue weighted by atomic mass is 16.2. The number of pyridine rings is 2. The first-order valence-electron chi connectivity index (χ1n) is 17.9. The topological polar surface area (TPSA) is 115 Å². The Kier molecular flexibility index (Phi) is 10.7. The predicted octanol–water partition coefficient (Wildman–Crippen LogP) is 8.71. The van der Waals surface area contributed by atoms with Crippen molar-refractivity contribution in [2.45, 2.75) is 65.7 Å².